The fraction of sp³-hybridized carbons (Fsp3) is 0.500. The minimum atomic E-state index is -4.36. The molecule has 0 saturated heterocycles. The summed E-state index contributed by atoms with van der Waals surface area (Å²) in [4.78, 5) is 11.5. The molecule has 0 saturated carbocycles. The molecule has 0 bridgehead atoms. The van der Waals surface area contributed by atoms with Crippen molar-refractivity contribution in [2.45, 2.75) is 39.0 Å². The van der Waals surface area contributed by atoms with Crippen molar-refractivity contribution in [3.05, 3.63) is 35.4 Å². The van der Waals surface area contributed by atoms with Crippen LogP contribution in [-0.4, -0.2) is 18.5 Å². The average Bonchev–Trinajstić information content (AvgIpc) is 2.35. The quantitative estimate of drug-likeness (QED) is 0.845. The molecule has 0 aliphatic heterocycles. The maximum atomic E-state index is 12.5. The number of rotatable bonds is 6. The van der Waals surface area contributed by atoms with Crippen molar-refractivity contribution >= 4 is 5.91 Å². The van der Waals surface area contributed by atoms with Crippen LogP contribution in [0.5, 0.6) is 0 Å². The Balaban J connectivity index is 2.44. The van der Waals surface area contributed by atoms with Gasteiger partial charge in [-0.1, -0.05) is 26.0 Å². The Hall–Kier alpha value is -1.56. The van der Waals surface area contributed by atoms with E-state index in [-0.39, 0.29) is 12.5 Å². The molecule has 1 aromatic carbocycles. The first-order valence-electron chi connectivity index (χ1n) is 6.45. The number of halogens is 3. The summed E-state index contributed by atoms with van der Waals surface area (Å²) in [6.07, 6.45) is -4.06. The topological polar surface area (TPSA) is 41.1 Å². The van der Waals surface area contributed by atoms with Crippen molar-refractivity contribution in [2.75, 3.05) is 6.54 Å². The molecule has 0 aliphatic carbocycles. The van der Waals surface area contributed by atoms with Crippen molar-refractivity contribution in [3.8, 4) is 0 Å². The molecular weight excluding hydrogens is 269 g/mol. The first kappa shape index (κ1) is 16.5. The summed E-state index contributed by atoms with van der Waals surface area (Å²) < 4.78 is 37.5. The smallest absolute Gasteiger partial charge is 0.352 e. The Bertz CT molecular complexity index is 444. The molecule has 0 aliphatic rings. The molecule has 1 amide bonds. The van der Waals surface area contributed by atoms with Gasteiger partial charge in [-0.15, -0.1) is 0 Å². The zero-order valence-corrected chi connectivity index (χ0v) is 11.6. The lowest BCUT2D eigenvalue weighted by molar-refractivity contribution is -0.137. The SMILES string of the molecule is CC(C)NCCC(=O)NCc1cccc(C(F)(F)F)c1. The van der Waals surface area contributed by atoms with Gasteiger partial charge in [0, 0.05) is 25.6 Å². The van der Waals surface area contributed by atoms with E-state index in [1.807, 2.05) is 13.8 Å². The fourth-order valence-corrected chi connectivity index (χ4v) is 1.62. The Morgan fingerprint density at radius 2 is 2.00 bits per heavy atom. The van der Waals surface area contributed by atoms with E-state index in [1.54, 1.807) is 6.07 Å². The summed E-state index contributed by atoms with van der Waals surface area (Å²) in [6.45, 7) is 4.59. The van der Waals surface area contributed by atoms with Crippen molar-refractivity contribution < 1.29 is 18.0 Å². The summed E-state index contributed by atoms with van der Waals surface area (Å²) in [5, 5.41) is 5.70. The summed E-state index contributed by atoms with van der Waals surface area (Å²) in [7, 11) is 0. The molecule has 112 valence electrons. The molecule has 0 aromatic heterocycles. The highest BCUT2D eigenvalue weighted by Gasteiger charge is 2.30. The summed E-state index contributed by atoms with van der Waals surface area (Å²) in [5.74, 6) is -0.185. The van der Waals surface area contributed by atoms with Crippen LogP contribution in [0.4, 0.5) is 13.2 Å². The number of hydrogen-bond donors (Lipinski definition) is 2. The van der Waals surface area contributed by atoms with Gasteiger partial charge in [0.05, 0.1) is 5.56 Å². The molecule has 0 unspecified atom stereocenters. The highest BCUT2D eigenvalue weighted by Crippen LogP contribution is 2.29. The van der Waals surface area contributed by atoms with Crippen LogP contribution in [-0.2, 0) is 17.5 Å². The number of hydrogen-bond acceptors (Lipinski definition) is 2. The molecule has 0 heterocycles. The standard InChI is InChI=1S/C14H19F3N2O/c1-10(2)18-7-6-13(20)19-9-11-4-3-5-12(8-11)14(15,16)17/h3-5,8,10,18H,6-7,9H2,1-2H3,(H,19,20). The zero-order chi connectivity index (χ0) is 15.2. The predicted molar refractivity (Wildman–Crippen MR) is 71.0 cm³/mol. The second-order valence-electron chi connectivity index (χ2n) is 4.83. The highest BCUT2D eigenvalue weighted by atomic mass is 19.4. The van der Waals surface area contributed by atoms with Crippen LogP contribution in [0.25, 0.3) is 0 Å². The lowest BCUT2D eigenvalue weighted by Crippen LogP contribution is -2.30. The van der Waals surface area contributed by atoms with Gasteiger partial charge >= 0.3 is 6.18 Å². The third-order valence-electron chi connectivity index (χ3n) is 2.65. The van der Waals surface area contributed by atoms with Crippen LogP contribution in [0, 0.1) is 0 Å². The Labute approximate surface area is 116 Å². The largest absolute Gasteiger partial charge is 0.416 e. The Morgan fingerprint density at radius 1 is 1.30 bits per heavy atom. The number of carbonyl (C=O) groups is 1. The molecular formula is C14H19F3N2O. The van der Waals surface area contributed by atoms with E-state index in [9.17, 15) is 18.0 Å². The van der Waals surface area contributed by atoms with Crippen molar-refractivity contribution in [3.63, 3.8) is 0 Å². The summed E-state index contributed by atoms with van der Waals surface area (Å²) in [5.41, 5.74) is -0.268. The molecule has 0 radical (unpaired) electrons. The molecule has 3 nitrogen and oxygen atoms in total. The summed E-state index contributed by atoms with van der Waals surface area (Å²) in [6, 6.07) is 5.25. The van der Waals surface area contributed by atoms with Crippen molar-refractivity contribution in [2.24, 2.45) is 0 Å². The lowest BCUT2D eigenvalue weighted by atomic mass is 10.1. The zero-order valence-electron chi connectivity index (χ0n) is 11.6. The second kappa shape index (κ2) is 7.28. The van der Waals surface area contributed by atoms with Crippen molar-refractivity contribution in [1.29, 1.82) is 0 Å². The average molecular weight is 288 g/mol. The van der Waals surface area contributed by atoms with Crippen LogP contribution < -0.4 is 10.6 Å². The number of carbonyl (C=O) groups excluding carboxylic acids is 1. The van der Waals surface area contributed by atoms with Crippen LogP contribution >= 0.6 is 0 Å². The van der Waals surface area contributed by atoms with Crippen LogP contribution in [0.15, 0.2) is 24.3 Å². The van der Waals surface area contributed by atoms with E-state index in [1.165, 1.54) is 6.07 Å². The monoisotopic (exact) mass is 288 g/mol. The van der Waals surface area contributed by atoms with E-state index in [0.29, 0.717) is 24.6 Å². The molecule has 0 fully saturated rings. The first-order chi connectivity index (χ1) is 9.29. The number of nitrogens with one attached hydrogen (secondary N) is 2. The normalized spacial score (nSPS) is 11.7. The maximum Gasteiger partial charge on any atom is 0.416 e. The fourth-order valence-electron chi connectivity index (χ4n) is 1.62. The molecule has 0 atom stereocenters. The second-order valence-corrected chi connectivity index (χ2v) is 4.83. The number of amides is 1. The van der Waals surface area contributed by atoms with Gasteiger partial charge in [-0.3, -0.25) is 4.79 Å². The van der Waals surface area contributed by atoms with Gasteiger partial charge < -0.3 is 10.6 Å². The van der Waals surface area contributed by atoms with E-state index >= 15 is 0 Å². The van der Waals surface area contributed by atoms with Gasteiger partial charge in [0.2, 0.25) is 5.91 Å². The molecule has 1 rings (SSSR count). The lowest BCUT2D eigenvalue weighted by Gasteiger charge is -2.10. The Morgan fingerprint density at radius 3 is 2.60 bits per heavy atom. The van der Waals surface area contributed by atoms with Crippen LogP contribution in [0.2, 0.25) is 0 Å². The number of benzene rings is 1. The van der Waals surface area contributed by atoms with E-state index in [0.717, 1.165) is 12.1 Å². The third-order valence-corrected chi connectivity index (χ3v) is 2.65. The van der Waals surface area contributed by atoms with Gasteiger partial charge in [0.15, 0.2) is 0 Å². The number of alkyl halides is 3. The molecule has 20 heavy (non-hydrogen) atoms. The molecule has 1 aromatic rings. The summed E-state index contributed by atoms with van der Waals surface area (Å²) >= 11 is 0. The Kier molecular flexibility index (Phi) is 6.01. The van der Waals surface area contributed by atoms with E-state index < -0.39 is 11.7 Å². The molecule has 2 N–H and O–H groups in total. The van der Waals surface area contributed by atoms with Gasteiger partial charge in [0.25, 0.3) is 0 Å². The minimum absolute atomic E-state index is 0.102. The van der Waals surface area contributed by atoms with E-state index in [2.05, 4.69) is 10.6 Å². The minimum Gasteiger partial charge on any atom is -0.352 e. The van der Waals surface area contributed by atoms with E-state index in [4.69, 9.17) is 0 Å². The van der Waals surface area contributed by atoms with Gasteiger partial charge in [-0.05, 0) is 17.7 Å². The van der Waals surface area contributed by atoms with Gasteiger partial charge in [-0.2, -0.15) is 13.2 Å². The molecule has 6 heteroatoms. The third kappa shape index (κ3) is 6.06. The molecule has 0 spiro atoms. The van der Waals surface area contributed by atoms with Gasteiger partial charge in [0.1, 0.15) is 0 Å². The predicted octanol–water partition coefficient (Wildman–Crippen LogP) is 2.71. The van der Waals surface area contributed by atoms with Crippen LogP contribution in [0.1, 0.15) is 31.4 Å². The first-order valence-corrected chi connectivity index (χ1v) is 6.45. The van der Waals surface area contributed by atoms with Crippen molar-refractivity contribution in [1.82, 2.24) is 10.6 Å². The van der Waals surface area contributed by atoms with Gasteiger partial charge in [-0.25, -0.2) is 0 Å². The highest BCUT2D eigenvalue weighted by molar-refractivity contribution is 5.76. The van der Waals surface area contributed by atoms with Crippen LogP contribution in [0.3, 0.4) is 0 Å². The maximum absolute atomic E-state index is 12.5.